The number of carbonyl (C=O) groups excluding carboxylic acids is 1. The minimum absolute atomic E-state index is 0.124. The van der Waals surface area contributed by atoms with Crippen LogP contribution in [0.4, 0.5) is 10.5 Å². The number of amides is 2. The maximum absolute atomic E-state index is 11.9. The van der Waals surface area contributed by atoms with Gasteiger partial charge in [-0.1, -0.05) is 39.0 Å². The van der Waals surface area contributed by atoms with Crippen molar-refractivity contribution in [3.05, 3.63) is 29.3 Å². The minimum atomic E-state index is -0.124. The van der Waals surface area contributed by atoms with Crippen LogP contribution in [-0.4, -0.2) is 12.1 Å². The summed E-state index contributed by atoms with van der Waals surface area (Å²) in [5.74, 6) is 0.392. The van der Waals surface area contributed by atoms with Crippen molar-refractivity contribution in [1.82, 2.24) is 5.32 Å². The van der Waals surface area contributed by atoms with Gasteiger partial charge in [-0.25, -0.2) is 4.79 Å². The Kier molecular flexibility index (Phi) is 5.20. The lowest BCUT2D eigenvalue weighted by molar-refractivity contribution is 0.249. The molecule has 1 rings (SSSR count). The molecule has 100 valence electrons. The van der Waals surface area contributed by atoms with Gasteiger partial charge in [-0.3, -0.25) is 0 Å². The number of rotatable bonds is 4. The van der Waals surface area contributed by atoms with Crippen LogP contribution < -0.4 is 10.6 Å². The van der Waals surface area contributed by atoms with Crippen molar-refractivity contribution in [2.24, 2.45) is 0 Å². The lowest BCUT2D eigenvalue weighted by Gasteiger charge is -2.18. The van der Waals surface area contributed by atoms with Crippen molar-refractivity contribution in [2.75, 3.05) is 5.32 Å². The quantitative estimate of drug-likeness (QED) is 0.829. The molecule has 0 heterocycles. The van der Waals surface area contributed by atoms with Gasteiger partial charge in [-0.05, 0) is 37.3 Å². The Labute approximate surface area is 110 Å². The van der Waals surface area contributed by atoms with Crippen LogP contribution in [0.3, 0.4) is 0 Å². The zero-order valence-corrected chi connectivity index (χ0v) is 12.0. The highest BCUT2D eigenvalue weighted by Gasteiger charge is 2.12. The summed E-state index contributed by atoms with van der Waals surface area (Å²) in [7, 11) is 0. The van der Waals surface area contributed by atoms with Gasteiger partial charge >= 0.3 is 6.03 Å². The van der Waals surface area contributed by atoms with Gasteiger partial charge in [-0.15, -0.1) is 0 Å². The van der Waals surface area contributed by atoms with E-state index in [0.29, 0.717) is 5.92 Å². The Hall–Kier alpha value is -1.51. The molecule has 0 aliphatic rings. The highest BCUT2D eigenvalue weighted by molar-refractivity contribution is 5.91. The summed E-state index contributed by atoms with van der Waals surface area (Å²) in [6, 6.07) is 6.18. The molecule has 0 bridgehead atoms. The summed E-state index contributed by atoms with van der Waals surface area (Å²) in [6.07, 6.45) is 0.929. The Balaban J connectivity index is 2.86. The Morgan fingerprint density at radius 3 is 2.50 bits per heavy atom. The predicted octanol–water partition coefficient (Wildman–Crippen LogP) is 4.04. The topological polar surface area (TPSA) is 41.1 Å². The molecule has 1 aromatic carbocycles. The van der Waals surface area contributed by atoms with E-state index >= 15 is 0 Å². The third kappa shape index (κ3) is 3.76. The molecule has 2 N–H and O–H groups in total. The molecule has 0 fully saturated rings. The van der Waals surface area contributed by atoms with Crippen molar-refractivity contribution < 1.29 is 4.79 Å². The van der Waals surface area contributed by atoms with Crippen LogP contribution in [0, 0.1) is 6.92 Å². The first-order valence-corrected chi connectivity index (χ1v) is 6.62. The van der Waals surface area contributed by atoms with Gasteiger partial charge in [0.15, 0.2) is 0 Å². The monoisotopic (exact) mass is 248 g/mol. The first kappa shape index (κ1) is 14.6. The van der Waals surface area contributed by atoms with Crippen LogP contribution in [0.2, 0.25) is 0 Å². The SMILES string of the molecule is CCC(C)NC(=O)Nc1c(C)cccc1C(C)C. The third-order valence-electron chi connectivity index (χ3n) is 3.16. The fraction of sp³-hybridized carbons (Fsp3) is 0.533. The lowest BCUT2D eigenvalue weighted by atomic mass is 9.98. The van der Waals surface area contributed by atoms with E-state index in [1.165, 1.54) is 5.56 Å². The zero-order chi connectivity index (χ0) is 13.7. The van der Waals surface area contributed by atoms with Gasteiger partial charge in [0.25, 0.3) is 0 Å². The summed E-state index contributed by atoms with van der Waals surface area (Å²) in [6.45, 7) is 10.3. The molecule has 0 radical (unpaired) electrons. The second kappa shape index (κ2) is 6.43. The largest absolute Gasteiger partial charge is 0.335 e. The van der Waals surface area contributed by atoms with E-state index in [1.54, 1.807) is 0 Å². The summed E-state index contributed by atoms with van der Waals surface area (Å²) in [4.78, 5) is 11.9. The van der Waals surface area contributed by atoms with Crippen molar-refractivity contribution >= 4 is 11.7 Å². The molecule has 18 heavy (non-hydrogen) atoms. The molecular weight excluding hydrogens is 224 g/mol. The van der Waals surface area contributed by atoms with Gasteiger partial charge in [0.05, 0.1) is 0 Å². The van der Waals surface area contributed by atoms with E-state index in [1.807, 2.05) is 26.0 Å². The second-order valence-corrected chi connectivity index (χ2v) is 5.10. The molecule has 1 unspecified atom stereocenters. The smallest absolute Gasteiger partial charge is 0.319 e. The molecule has 1 atom stereocenters. The highest BCUT2D eigenvalue weighted by Crippen LogP contribution is 2.27. The lowest BCUT2D eigenvalue weighted by Crippen LogP contribution is -2.36. The number of hydrogen-bond acceptors (Lipinski definition) is 1. The minimum Gasteiger partial charge on any atom is -0.335 e. The third-order valence-corrected chi connectivity index (χ3v) is 3.16. The van der Waals surface area contributed by atoms with Crippen LogP contribution in [-0.2, 0) is 0 Å². The number of anilines is 1. The number of aryl methyl sites for hydroxylation is 1. The molecule has 0 aromatic heterocycles. The van der Waals surface area contributed by atoms with Crippen molar-refractivity contribution in [3.8, 4) is 0 Å². The molecule has 2 amide bonds. The number of benzene rings is 1. The Bertz CT molecular complexity index is 413. The van der Waals surface area contributed by atoms with Crippen LogP contribution in [0.1, 0.15) is 51.2 Å². The molecule has 3 heteroatoms. The number of hydrogen-bond donors (Lipinski definition) is 2. The van der Waals surface area contributed by atoms with Crippen LogP contribution in [0.15, 0.2) is 18.2 Å². The van der Waals surface area contributed by atoms with Gasteiger partial charge in [0, 0.05) is 11.7 Å². The van der Waals surface area contributed by atoms with E-state index in [2.05, 4.69) is 37.5 Å². The summed E-state index contributed by atoms with van der Waals surface area (Å²) in [5.41, 5.74) is 3.21. The molecule has 0 saturated heterocycles. The standard InChI is InChI=1S/C15H24N2O/c1-6-12(5)16-15(18)17-14-11(4)8-7-9-13(14)10(2)3/h7-10,12H,6H2,1-5H3,(H2,16,17,18). The maximum atomic E-state index is 11.9. The van der Waals surface area contributed by atoms with Crippen molar-refractivity contribution in [1.29, 1.82) is 0 Å². The second-order valence-electron chi connectivity index (χ2n) is 5.10. The zero-order valence-electron chi connectivity index (χ0n) is 12.0. The summed E-state index contributed by atoms with van der Waals surface area (Å²) < 4.78 is 0. The number of urea groups is 1. The Morgan fingerprint density at radius 2 is 1.94 bits per heavy atom. The first-order valence-electron chi connectivity index (χ1n) is 6.62. The summed E-state index contributed by atoms with van der Waals surface area (Å²) in [5, 5.41) is 5.90. The van der Waals surface area contributed by atoms with E-state index < -0.39 is 0 Å². The fourth-order valence-electron chi connectivity index (χ4n) is 1.82. The molecule has 1 aromatic rings. The van der Waals surface area contributed by atoms with Crippen LogP contribution >= 0.6 is 0 Å². The predicted molar refractivity (Wildman–Crippen MR) is 77.2 cm³/mol. The van der Waals surface area contributed by atoms with Gasteiger partial charge in [0.1, 0.15) is 0 Å². The van der Waals surface area contributed by atoms with E-state index in [9.17, 15) is 4.79 Å². The van der Waals surface area contributed by atoms with Gasteiger partial charge in [0.2, 0.25) is 0 Å². The molecule has 0 aliphatic heterocycles. The molecule has 0 spiro atoms. The molecule has 3 nitrogen and oxygen atoms in total. The van der Waals surface area contributed by atoms with Crippen LogP contribution in [0.25, 0.3) is 0 Å². The first-order chi connectivity index (χ1) is 8.45. The number of para-hydroxylation sites is 1. The number of carbonyl (C=O) groups is 1. The van der Waals surface area contributed by atoms with Gasteiger partial charge in [-0.2, -0.15) is 0 Å². The average molecular weight is 248 g/mol. The number of nitrogens with one attached hydrogen (secondary N) is 2. The van der Waals surface area contributed by atoms with Crippen molar-refractivity contribution in [3.63, 3.8) is 0 Å². The van der Waals surface area contributed by atoms with Crippen molar-refractivity contribution in [2.45, 2.75) is 53.0 Å². The fourth-order valence-corrected chi connectivity index (χ4v) is 1.82. The van der Waals surface area contributed by atoms with E-state index in [-0.39, 0.29) is 12.1 Å². The molecule has 0 aliphatic carbocycles. The maximum Gasteiger partial charge on any atom is 0.319 e. The van der Waals surface area contributed by atoms with Gasteiger partial charge < -0.3 is 10.6 Å². The molecule has 0 saturated carbocycles. The highest BCUT2D eigenvalue weighted by atomic mass is 16.2. The normalized spacial score (nSPS) is 12.3. The van der Waals surface area contributed by atoms with E-state index in [4.69, 9.17) is 0 Å². The molecular formula is C15H24N2O. The Morgan fingerprint density at radius 1 is 1.28 bits per heavy atom. The average Bonchev–Trinajstić information content (AvgIpc) is 2.31. The van der Waals surface area contributed by atoms with Crippen LogP contribution in [0.5, 0.6) is 0 Å². The summed E-state index contributed by atoms with van der Waals surface area (Å²) >= 11 is 0. The van der Waals surface area contributed by atoms with E-state index in [0.717, 1.165) is 17.7 Å².